The van der Waals surface area contributed by atoms with E-state index in [0.29, 0.717) is 0 Å². The predicted octanol–water partition coefficient (Wildman–Crippen LogP) is 2.95. The van der Waals surface area contributed by atoms with E-state index >= 15 is 0 Å². The summed E-state index contributed by atoms with van der Waals surface area (Å²) in [6.45, 7) is 6.05. The van der Waals surface area contributed by atoms with E-state index in [0.717, 1.165) is 24.9 Å². The Morgan fingerprint density at radius 2 is 1.75 bits per heavy atom. The first-order chi connectivity index (χ1) is 9.87. The van der Waals surface area contributed by atoms with Crippen molar-refractivity contribution in [2.24, 2.45) is 11.8 Å². The Bertz CT molecular complexity index is 460. The van der Waals surface area contributed by atoms with Gasteiger partial charge < -0.3 is 5.32 Å². The van der Waals surface area contributed by atoms with Gasteiger partial charge in [0.1, 0.15) is 0 Å². The minimum absolute atomic E-state index is 1.01. The lowest BCUT2D eigenvalue weighted by Gasteiger charge is -2.24. The van der Waals surface area contributed by atoms with E-state index in [1.807, 2.05) is 0 Å². The van der Waals surface area contributed by atoms with Crippen molar-refractivity contribution < 1.29 is 0 Å². The fraction of sp³-hybridized carbons (Fsp3) is 0.667. The predicted molar refractivity (Wildman–Crippen MR) is 82.6 cm³/mol. The Kier molecular flexibility index (Phi) is 3.53. The minimum Gasteiger partial charge on any atom is -0.312 e. The lowest BCUT2D eigenvalue weighted by atomic mass is 9.98. The summed E-state index contributed by atoms with van der Waals surface area (Å²) in [5.74, 6) is 2.01. The molecule has 1 aromatic rings. The molecule has 0 spiro atoms. The largest absolute Gasteiger partial charge is 0.312 e. The van der Waals surface area contributed by atoms with Crippen molar-refractivity contribution in [3.8, 4) is 0 Å². The summed E-state index contributed by atoms with van der Waals surface area (Å²) in [6, 6.07) is 7.20. The van der Waals surface area contributed by atoms with Crippen molar-refractivity contribution in [2.75, 3.05) is 19.6 Å². The van der Waals surface area contributed by atoms with Gasteiger partial charge in [-0.05, 0) is 67.2 Å². The minimum atomic E-state index is 1.01. The molecular weight excluding hydrogens is 244 g/mol. The Labute approximate surface area is 122 Å². The van der Waals surface area contributed by atoms with E-state index in [-0.39, 0.29) is 0 Å². The summed E-state index contributed by atoms with van der Waals surface area (Å²) in [5, 5.41) is 3.49. The van der Waals surface area contributed by atoms with Gasteiger partial charge in [0, 0.05) is 26.2 Å². The third kappa shape index (κ3) is 3.24. The van der Waals surface area contributed by atoms with Gasteiger partial charge in [-0.3, -0.25) is 4.90 Å². The van der Waals surface area contributed by atoms with Gasteiger partial charge in [0.15, 0.2) is 0 Å². The van der Waals surface area contributed by atoms with Crippen LogP contribution < -0.4 is 5.32 Å². The quantitative estimate of drug-likeness (QED) is 0.855. The molecule has 108 valence electrons. The second-order valence-corrected chi connectivity index (χ2v) is 7.11. The van der Waals surface area contributed by atoms with E-state index in [1.54, 1.807) is 5.56 Å². The third-order valence-electron chi connectivity index (χ3n) is 4.99. The van der Waals surface area contributed by atoms with Gasteiger partial charge in [0.05, 0.1) is 0 Å². The highest BCUT2D eigenvalue weighted by Crippen LogP contribution is 2.34. The maximum Gasteiger partial charge on any atom is 0.0234 e. The lowest BCUT2D eigenvalue weighted by Crippen LogP contribution is -2.28. The van der Waals surface area contributed by atoms with Gasteiger partial charge in [-0.1, -0.05) is 18.2 Å². The second kappa shape index (κ2) is 5.50. The van der Waals surface area contributed by atoms with E-state index in [9.17, 15) is 0 Å². The molecule has 2 fully saturated rings. The SMILES string of the molecule is c1cc2c(cc1CN(CC1CC1)CC1CC1)CNCC2. The molecular formula is C18H26N2. The Balaban J connectivity index is 1.44. The molecule has 0 unspecified atom stereocenters. The number of fused-ring (bicyclic) bond motifs is 1. The summed E-state index contributed by atoms with van der Waals surface area (Å²) in [5.41, 5.74) is 4.61. The maximum absolute atomic E-state index is 3.49. The summed E-state index contributed by atoms with van der Waals surface area (Å²) in [6.07, 6.45) is 7.07. The number of hydrogen-bond donors (Lipinski definition) is 1. The molecule has 0 radical (unpaired) electrons. The average molecular weight is 270 g/mol. The monoisotopic (exact) mass is 270 g/mol. The third-order valence-corrected chi connectivity index (χ3v) is 4.99. The van der Waals surface area contributed by atoms with Gasteiger partial charge in [0.25, 0.3) is 0 Å². The molecule has 0 saturated heterocycles. The summed E-state index contributed by atoms with van der Waals surface area (Å²) in [4.78, 5) is 2.73. The molecule has 0 atom stereocenters. The van der Waals surface area contributed by atoms with E-state index < -0.39 is 0 Å². The van der Waals surface area contributed by atoms with E-state index in [4.69, 9.17) is 0 Å². The van der Waals surface area contributed by atoms with Crippen molar-refractivity contribution >= 4 is 0 Å². The van der Waals surface area contributed by atoms with Gasteiger partial charge in [-0.25, -0.2) is 0 Å². The van der Waals surface area contributed by atoms with Crippen molar-refractivity contribution in [1.82, 2.24) is 10.2 Å². The van der Waals surface area contributed by atoms with Crippen molar-refractivity contribution in [1.29, 1.82) is 0 Å². The maximum atomic E-state index is 3.49. The number of benzene rings is 1. The Hall–Kier alpha value is -0.860. The Morgan fingerprint density at radius 1 is 1.00 bits per heavy atom. The van der Waals surface area contributed by atoms with Crippen molar-refractivity contribution in [3.05, 3.63) is 34.9 Å². The molecule has 20 heavy (non-hydrogen) atoms. The molecule has 0 aromatic heterocycles. The van der Waals surface area contributed by atoms with Crippen LogP contribution in [-0.2, 0) is 19.5 Å². The van der Waals surface area contributed by atoms with Gasteiger partial charge >= 0.3 is 0 Å². The first-order valence-corrected chi connectivity index (χ1v) is 8.40. The zero-order chi connectivity index (χ0) is 13.4. The van der Waals surface area contributed by atoms with Crippen LogP contribution in [-0.4, -0.2) is 24.5 Å². The topological polar surface area (TPSA) is 15.3 Å². The van der Waals surface area contributed by atoms with Crippen LogP contribution in [0.5, 0.6) is 0 Å². The van der Waals surface area contributed by atoms with Gasteiger partial charge in [-0.15, -0.1) is 0 Å². The number of nitrogens with one attached hydrogen (secondary N) is 1. The van der Waals surface area contributed by atoms with Crippen LogP contribution in [0, 0.1) is 11.8 Å². The van der Waals surface area contributed by atoms with Gasteiger partial charge in [0.2, 0.25) is 0 Å². The summed E-state index contributed by atoms with van der Waals surface area (Å²) < 4.78 is 0. The normalized spacial score (nSPS) is 22.1. The highest BCUT2D eigenvalue weighted by molar-refractivity contribution is 5.33. The van der Waals surface area contributed by atoms with Crippen LogP contribution in [0.15, 0.2) is 18.2 Å². The first-order valence-electron chi connectivity index (χ1n) is 8.40. The molecule has 1 aliphatic heterocycles. The highest BCUT2D eigenvalue weighted by atomic mass is 15.1. The van der Waals surface area contributed by atoms with Gasteiger partial charge in [-0.2, -0.15) is 0 Å². The summed E-state index contributed by atoms with van der Waals surface area (Å²) >= 11 is 0. The molecule has 4 rings (SSSR count). The number of rotatable bonds is 6. The Morgan fingerprint density at radius 3 is 2.45 bits per heavy atom. The van der Waals surface area contributed by atoms with Crippen LogP contribution in [0.3, 0.4) is 0 Å². The summed E-state index contributed by atoms with van der Waals surface area (Å²) in [7, 11) is 0. The molecule has 0 bridgehead atoms. The molecule has 0 amide bonds. The molecule has 2 heteroatoms. The molecule has 1 N–H and O–H groups in total. The molecule has 3 aliphatic rings. The zero-order valence-electron chi connectivity index (χ0n) is 12.4. The lowest BCUT2D eigenvalue weighted by molar-refractivity contribution is 0.244. The number of nitrogens with zero attached hydrogens (tertiary/aromatic N) is 1. The van der Waals surface area contributed by atoms with Crippen molar-refractivity contribution in [3.63, 3.8) is 0 Å². The highest BCUT2D eigenvalue weighted by Gasteiger charge is 2.29. The van der Waals surface area contributed by atoms with Crippen LogP contribution in [0.4, 0.5) is 0 Å². The first kappa shape index (κ1) is 12.8. The van der Waals surface area contributed by atoms with E-state index in [1.165, 1.54) is 62.9 Å². The zero-order valence-corrected chi connectivity index (χ0v) is 12.4. The van der Waals surface area contributed by atoms with E-state index in [2.05, 4.69) is 28.4 Å². The smallest absolute Gasteiger partial charge is 0.0234 e. The average Bonchev–Trinajstić information content (AvgIpc) is 3.35. The standard InChI is InChI=1S/C18H26N2/c1-2-14(1)11-20(12-15-3-4-15)13-16-5-6-17-7-8-19-10-18(17)9-16/h5-6,9,14-15,19H,1-4,7-8,10-13H2. The molecule has 2 nitrogen and oxygen atoms in total. The fourth-order valence-electron chi connectivity index (χ4n) is 3.43. The number of hydrogen-bond acceptors (Lipinski definition) is 2. The molecule has 2 aliphatic carbocycles. The fourth-order valence-corrected chi connectivity index (χ4v) is 3.43. The second-order valence-electron chi connectivity index (χ2n) is 7.11. The van der Waals surface area contributed by atoms with Crippen LogP contribution in [0.1, 0.15) is 42.4 Å². The van der Waals surface area contributed by atoms with Crippen molar-refractivity contribution in [2.45, 2.75) is 45.2 Å². The van der Waals surface area contributed by atoms with Crippen LogP contribution in [0.25, 0.3) is 0 Å². The van der Waals surface area contributed by atoms with Crippen LogP contribution in [0.2, 0.25) is 0 Å². The molecule has 2 saturated carbocycles. The van der Waals surface area contributed by atoms with Crippen LogP contribution >= 0.6 is 0 Å². The molecule has 1 aromatic carbocycles. The molecule has 1 heterocycles.